The van der Waals surface area contributed by atoms with E-state index in [9.17, 15) is 14.7 Å². The third-order valence-electron chi connectivity index (χ3n) is 4.16. The van der Waals surface area contributed by atoms with Crippen molar-refractivity contribution in [1.29, 1.82) is 0 Å². The van der Waals surface area contributed by atoms with E-state index in [2.05, 4.69) is 5.32 Å². The Bertz CT molecular complexity index is 307. The van der Waals surface area contributed by atoms with E-state index >= 15 is 0 Å². The zero-order valence-electron chi connectivity index (χ0n) is 11.5. The van der Waals surface area contributed by atoms with Gasteiger partial charge in [0.05, 0.1) is 0 Å². The van der Waals surface area contributed by atoms with Crippen molar-refractivity contribution < 1.29 is 14.7 Å². The zero-order chi connectivity index (χ0) is 13.8. The highest BCUT2D eigenvalue weighted by Crippen LogP contribution is 2.23. The molecule has 0 aromatic rings. The second kappa shape index (κ2) is 6.07. The quantitative estimate of drug-likeness (QED) is 0.792. The Labute approximate surface area is 109 Å². The van der Waals surface area contributed by atoms with E-state index < -0.39 is 11.5 Å². The highest BCUT2D eigenvalue weighted by atomic mass is 16.4. The molecule has 0 unspecified atom stereocenters. The first-order chi connectivity index (χ1) is 8.46. The predicted molar refractivity (Wildman–Crippen MR) is 69.5 cm³/mol. The zero-order valence-corrected chi connectivity index (χ0v) is 11.5. The van der Waals surface area contributed by atoms with Gasteiger partial charge in [-0.2, -0.15) is 0 Å². The molecular weight excluding hydrogens is 232 g/mol. The molecule has 2 N–H and O–H groups in total. The number of amides is 2. The summed E-state index contributed by atoms with van der Waals surface area (Å²) in [5, 5.41) is 12.0. The molecule has 1 rings (SSSR count). The maximum Gasteiger partial charge on any atom is 0.329 e. The number of nitrogens with zero attached hydrogens (tertiary/aromatic N) is 1. The summed E-state index contributed by atoms with van der Waals surface area (Å²) in [5.74, 6) is -0.958. The van der Waals surface area contributed by atoms with Gasteiger partial charge in [0, 0.05) is 13.1 Å². The minimum atomic E-state index is -1.13. The Kier molecular flexibility index (Phi) is 4.99. The normalized spacial score (nSPS) is 16.6. The lowest BCUT2D eigenvalue weighted by atomic mass is 9.93. The number of carboxylic acids is 1. The van der Waals surface area contributed by atoms with Gasteiger partial charge in [-0.05, 0) is 25.7 Å². The van der Waals surface area contributed by atoms with Crippen LogP contribution in [0, 0.1) is 0 Å². The number of hydrogen-bond donors (Lipinski definition) is 2. The van der Waals surface area contributed by atoms with Crippen LogP contribution in [0.4, 0.5) is 4.79 Å². The monoisotopic (exact) mass is 256 g/mol. The molecule has 18 heavy (non-hydrogen) atoms. The lowest BCUT2D eigenvalue weighted by Crippen LogP contribution is -2.57. The van der Waals surface area contributed by atoms with Gasteiger partial charge in [0.1, 0.15) is 5.54 Å². The van der Waals surface area contributed by atoms with Gasteiger partial charge in [0.25, 0.3) is 0 Å². The van der Waals surface area contributed by atoms with Gasteiger partial charge >= 0.3 is 12.0 Å². The second-order valence-electron chi connectivity index (χ2n) is 5.07. The first-order valence-electron chi connectivity index (χ1n) is 6.75. The Balaban J connectivity index is 2.68. The van der Waals surface area contributed by atoms with Crippen molar-refractivity contribution in [3.05, 3.63) is 0 Å². The number of aliphatic carboxylic acids is 1. The topological polar surface area (TPSA) is 69.6 Å². The number of carbonyl (C=O) groups is 2. The van der Waals surface area contributed by atoms with Crippen LogP contribution in [0.25, 0.3) is 0 Å². The molecule has 5 nitrogen and oxygen atoms in total. The fourth-order valence-electron chi connectivity index (χ4n) is 2.53. The van der Waals surface area contributed by atoms with Crippen molar-refractivity contribution in [1.82, 2.24) is 10.2 Å². The average molecular weight is 256 g/mol. The van der Waals surface area contributed by atoms with E-state index in [1.54, 1.807) is 25.8 Å². The second-order valence-corrected chi connectivity index (χ2v) is 5.07. The molecule has 0 saturated heterocycles. The van der Waals surface area contributed by atoms with Crippen molar-refractivity contribution in [2.24, 2.45) is 0 Å². The van der Waals surface area contributed by atoms with Gasteiger partial charge < -0.3 is 15.3 Å². The Hall–Kier alpha value is -1.26. The van der Waals surface area contributed by atoms with Crippen molar-refractivity contribution >= 4 is 12.0 Å². The lowest BCUT2D eigenvalue weighted by molar-refractivity contribution is -0.144. The average Bonchev–Trinajstić information content (AvgIpc) is 2.88. The molecule has 0 aromatic carbocycles. The number of nitrogens with one attached hydrogen (secondary N) is 1. The molecule has 5 heteroatoms. The summed E-state index contributed by atoms with van der Waals surface area (Å²) in [6.07, 6.45) is 5.11. The number of hydrogen-bond acceptors (Lipinski definition) is 2. The third-order valence-corrected chi connectivity index (χ3v) is 4.16. The molecule has 0 radical (unpaired) electrons. The van der Waals surface area contributed by atoms with Crippen LogP contribution in [-0.2, 0) is 4.79 Å². The van der Waals surface area contributed by atoms with Crippen LogP contribution in [0.15, 0.2) is 0 Å². The van der Waals surface area contributed by atoms with E-state index in [0.717, 1.165) is 25.7 Å². The number of carbonyl (C=O) groups excluding carboxylic acids is 1. The summed E-state index contributed by atoms with van der Waals surface area (Å²) in [6.45, 7) is 3.57. The van der Waals surface area contributed by atoms with E-state index in [1.165, 1.54) is 0 Å². The summed E-state index contributed by atoms with van der Waals surface area (Å²) in [7, 11) is 1.75. The molecule has 0 bridgehead atoms. The molecule has 104 valence electrons. The van der Waals surface area contributed by atoms with Gasteiger partial charge in [0.2, 0.25) is 0 Å². The van der Waals surface area contributed by atoms with Crippen LogP contribution >= 0.6 is 0 Å². The first-order valence-corrected chi connectivity index (χ1v) is 6.75. The molecule has 0 aromatic heterocycles. The van der Waals surface area contributed by atoms with Gasteiger partial charge in [-0.3, -0.25) is 0 Å². The summed E-state index contributed by atoms with van der Waals surface area (Å²) >= 11 is 0. The number of rotatable bonds is 5. The van der Waals surface area contributed by atoms with Crippen LogP contribution < -0.4 is 5.32 Å². The number of urea groups is 1. The molecule has 1 aliphatic rings. The Morgan fingerprint density at radius 2 is 1.78 bits per heavy atom. The molecule has 1 fully saturated rings. The summed E-state index contributed by atoms with van der Waals surface area (Å²) < 4.78 is 0. The van der Waals surface area contributed by atoms with Gasteiger partial charge in [-0.1, -0.05) is 26.7 Å². The van der Waals surface area contributed by atoms with Gasteiger partial charge in [-0.15, -0.1) is 0 Å². The molecule has 0 aliphatic heterocycles. The molecule has 0 atom stereocenters. The lowest BCUT2D eigenvalue weighted by Gasteiger charge is -2.32. The Morgan fingerprint density at radius 1 is 1.28 bits per heavy atom. The van der Waals surface area contributed by atoms with Gasteiger partial charge in [0.15, 0.2) is 0 Å². The smallest absolute Gasteiger partial charge is 0.329 e. The molecule has 0 heterocycles. The Morgan fingerprint density at radius 3 is 2.17 bits per heavy atom. The largest absolute Gasteiger partial charge is 0.480 e. The van der Waals surface area contributed by atoms with E-state index in [4.69, 9.17) is 0 Å². The van der Waals surface area contributed by atoms with E-state index in [1.807, 2.05) is 0 Å². The van der Waals surface area contributed by atoms with Crippen LogP contribution in [-0.4, -0.2) is 40.6 Å². The molecule has 1 saturated carbocycles. The molecule has 2 amide bonds. The first kappa shape index (κ1) is 14.8. The summed E-state index contributed by atoms with van der Waals surface area (Å²) in [6, 6.07) is -0.0155. The van der Waals surface area contributed by atoms with Crippen molar-refractivity contribution in [3.63, 3.8) is 0 Å². The van der Waals surface area contributed by atoms with Crippen molar-refractivity contribution in [2.75, 3.05) is 7.05 Å². The van der Waals surface area contributed by atoms with Crippen LogP contribution in [0.5, 0.6) is 0 Å². The SMILES string of the molecule is CCC(CC)(NC(=O)N(C)C1CCCC1)C(=O)O. The van der Waals surface area contributed by atoms with Crippen molar-refractivity contribution in [2.45, 2.75) is 64.0 Å². The summed E-state index contributed by atoms with van der Waals surface area (Å²) in [4.78, 5) is 25.1. The fraction of sp³-hybridized carbons (Fsp3) is 0.846. The maximum atomic E-state index is 12.1. The number of carboxylic acid groups (broad SMARTS) is 1. The van der Waals surface area contributed by atoms with E-state index in [0.29, 0.717) is 12.8 Å². The molecule has 0 spiro atoms. The molecule has 1 aliphatic carbocycles. The van der Waals surface area contributed by atoms with Crippen LogP contribution in [0.3, 0.4) is 0 Å². The van der Waals surface area contributed by atoms with Crippen LogP contribution in [0.1, 0.15) is 52.4 Å². The third kappa shape index (κ3) is 2.94. The van der Waals surface area contributed by atoms with E-state index in [-0.39, 0.29) is 12.1 Å². The van der Waals surface area contributed by atoms with Gasteiger partial charge in [-0.25, -0.2) is 9.59 Å². The standard InChI is InChI=1S/C13H24N2O3/c1-4-13(5-2,11(16)17)14-12(18)15(3)10-8-6-7-9-10/h10H,4-9H2,1-3H3,(H,14,18)(H,16,17). The molecular formula is C13H24N2O3. The highest BCUT2D eigenvalue weighted by Gasteiger charge is 2.38. The summed E-state index contributed by atoms with van der Waals surface area (Å²) in [5.41, 5.74) is -1.13. The minimum Gasteiger partial charge on any atom is -0.480 e. The highest BCUT2D eigenvalue weighted by molar-refractivity contribution is 5.86. The maximum absolute atomic E-state index is 12.1. The van der Waals surface area contributed by atoms with Crippen molar-refractivity contribution in [3.8, 4) is 0 Å². The fourth-order valence-corrected chi connectivity index (χ4v) is 2.53. The minimum absolute atomic E-state index is 0.255. The van der Waals surface area contributed by atoms with Crippen LogP contribution in [0.2, 0.25) is 0 Å². The predicted octanol–water partition coefficient (Wildman–Crippen LogP) is 2.21.